The fourth-order valence-corrected chi connectivity index (χ4v) is 4.55. The Labute approximate surface area is 138 Å². The van der Waals surface area contributed by atoms with Crippen LogP contribution in [0.5, 0.6) is 0 Å². The molecule has 0 unspecified atom stereocenters. The minimum atomic E-state index is 0.232. The molecule has 2 aliphatic rings. The van der Waals surface area contributed by atoms with E-state index in [1.54, 1.807) is 0 Å². The number of hydrogen-bond acceptors (Lipinski definition) is 2. The molecule has 1 heterocycles. The van der Waals surface area contributed by atoms with Crippen molar-refractivity contribution in [2.75, 3.05) is 0 Å². The van der Waals surface area contributed by atoms with Crippen LogP contribution in [0.2, 0.25) is 0 Å². The normalized spacial score (nSPS) is 35.2. The molecule has 0 aromatic carbocycles. The zero-order valence-electron chi connectivity index (χ0n) is 15.4. The van der Waals surface area contributed by atoms with Gasteiger partial charge in [0.25, 0.3) is 0 Å². The molecule has 0 N–H and O–H groups in total. The highest BCUT2D eigenvalue weighted by Crippen LogP contribution is 2.41. The first-order chi connectivity index (χ1) is 10.6. The summed E-state index contributed by atoms with van der Waals surface area (Å²) in [6.07, 6.45) is 14.8. The van der Waals surface area contributed by atoms with E-state index in [-0.39, 0.29) is 17.6 Å². The molecule has 1 aliphatic heterocycles. The molecular weight excluding hydrogens is 272 g/mol. The number of hydrogen-bond donors (Lipinski definition) is 0. The van der Waals surface area contributed by atoms with Gasteiger partial charge in [0, 0.05) is 0 Å². The summed E-state index contributed by atoms with van der Waals surface area (Å²) in [6.45, 7) is 9.35. The van der Waals surface area contributed by atoms with E-state index in [0.29, 0.717) is 5.92 Å². The van der Waals surface area contributed by atoms with E-state index < -0.39 is 0 Å². The van der Waals surface area contributed by atoms with Crippen LogP contribution in [0.3, 0.4) is 0 Å². The van der Waals surface area contributed by atoms with Gasteiger partial charge < -0.3 is 0 Å². The summed E-state index contributed by atoms with van der Waals surface area (Å²) in [7, 11) is 0. The first-order valence-electron chi connectivity index (χ1n) is 9.89. The number of rotatable bonds is 3. The van der Waals surface area contributed by atoms with E-state index in [9.17, 15) is 0 Å². The minimum Gasteiger partial charge on any atom is -0.233 e. The van der Waals surface area contributed by atoms with Gasteiger partial charge in [0.05, 0.1) is 6.10 Å². The Hall–Kier alpha value is -0.0800. The SMILES string of the molecule is CC[C@@H]1CCCC(C)(C)[C@@H](C2CCCCC2)OO[C@H](CC)C1. The summed E-state index contributed by atoms with van der Waals surface area (Å²) in [6, 6.07) is 0. The lowest BCUT2D eigenvalue weighted by Crippen LogP contribution is -2.41. The Bertz CT molecular complexity index is 307. The van der Waals surface area contributed by atoms with Gasteiger partial charge >= 0.3 is 0 Å². The lowest BCUT2D eigenvalue weighted by atomic mass is 9.71. The van der Waals surface area contributed by atoms with Crippen molar-refractivity contribution in [3.05, 3.63) is 0 Å². The molecule has 1 aliphatic carbocycles. The zero-order valence-corrected chi connectivity index (χ0v) is 15.4. The predicted molar refractivity (Wildman–Crippen MR) is 92.6 cm³/mol. The van der Waals surface area contributed by atoms with Crippen LogP contribution in [0.25, 0.3) is 0 Å². The van der Waals surface area contributed by atoms with Crippen molar-refractivity contribution >= 4 is 0 Å². The van der Waals surface area contributed by atoms with Crippen molar-refractivity contribution in [3.8, 4) is 0 Å². The highest BCUT2D eigenvalue weighted by Gasteiger charge is 2.39. The third-order valence-corrected chi connectivity index (χ3v) is 6.21. The van der Waals surface area contributed by atoms with E-state index in [1.165, 1.54) is 64.2 Å². The molecule has 0 bridgehead atoms. The highest BCUT2D eigenvalue weighted by atomic mass is 17.2. The molecule has 1 saturated heterocycles. The smallest absolute Gasteiger partial charge is 0.101 e. The fraction of sp³-hybridized carbons (Fsp3) is 1.00. The van der Waals surface area contributed by atoms with Crippen LogP contribution < -0.4 is 0 Å². The van der Waals surface area contributed by atoms with E-state index in [4.69, 9.17) is 9.78 Å². The van der Waals surface area contributed by atoms with Crippen molar-refractivity contribution < 1.29 is 9.78 Å². The van der Waals surface area contributed by atoms with Gasteiger partial charge in [0.15, 0.2) is 0 Å². The van der Waals surface area contributed by atoms with Gasteiger partial charge in [0.2, 0.25) is 0 Å². The van der Waals surface area contributed by atoms with Gasteiger partial charge in [-0.05, 0) is 49.4 Å². The molecule has 130 valence electrons. The summed E-state index contributed by atoms with van der Waals surface area (Å²) in [5.74, 6) is 1.50. The molecule has 2 nitrogen and oxygen atoms in total. The standard InChI is InChI=1S/C20H38O2/c1-5-16-11-10-14-20(3,4)19(17-12-8-7-9-13-17)22-21-18(6-2)15-16/h16-19H,5-15H2,1-4H3/t16-,18-,19-/m1/s1. The molecule has 0 aromatic rings. The van der Waals surface area contributed by atoms with E-state index >= 15 is 0 Å². The van der Waals surface area contributed by atoms with Gasteiger partial charge in [-0.2, -0.15) is 0 Å². The summed E-state index contributed by atoms with van der Waals surface area (Å²) >= 11 is 0. The summed E-state index contributed by atoms with van der Waals surface area (Å²) < 4.78 is 0. The molecule has 0 amide bonds. The summed E-state index contributed by atoms with van der Waals surface area (Å²) in [5, 5.41) is 0. The van der Waals surface area contributed by atoms with E-state index in [0.717, 1.165) is 12.3 Å². The molecule has 2 fully saturated rings. The Morgan fingerprint density at radius 1 is 0.864 bits per heavy atom. The maximum Gasteiger partial charge on any atom is 0.101 e. The summed E-state index contributed by atoms with van der Waals surface area (Å²) in [4.78, 5) is 12.2. The van der Waals surface area contributed by atoms with Gasteiger partial charge in [-0.25, -0.2) is 9.78 Å². The second-order valence-corrected chi connectivity index (χ2v) is 8.43. The van der Waals surface area contributed by atoms with Crippen LogP contribution in [0.4, 0.5) is 0 Å². The Kier molecular flexibility index (Phi) is 7.21. The monoisotopic (exact) mass is 310 g/mol. The van der Waals surface area contributed by atoms with Gasteiger partial charge in [-0.1, -0.05) is 66.2 Å². The molecule has 2 rings (SSSR count). The second-order valence-electron chi connectivity index (χ2n) is 8.43. The van der Waals surface area contributed by atoms with Crippen molar-refractivity contribution in [3.63, 3.8) is 0 Å². The minimum absolute atomic E-state index is 0.232. The molecule has 3 atom stereocenters. The molecule has 1 saturated carbocycles. The zero-order chi connectivity index (χ0) is 16.0. The van der Waals surface area contributed by atoms with E-state index in [1.807, 2.05) is 0 Å². The Morgan fingerprint density at radius 2 is 1.59 bits per heavy atom. The van der Waals surface area contributed by atoms with Crippen molar-refractivity contribution in [2.24, 2.45) is 17.3 Å². The fourth-order valence-electron chi connectivity index (χ4n) is 4.55. The maximum absolute atomic E-state index is 6.17. The summed E-state index contributed by atoms with van der Waals surface area (Å²) in [5.41, 5.74) is 0.232. The topological polar surface area (TPSA) is 18.5 Å². The van der Waals surface area contributed by atoms with Gasteiger partial charge in [0.1, 0.15) is 6.10 Å². The van der Waals surface area contributed by atoms with Crippen molar-refractivity contribution in [2.45, 2.75) is 111 Å². The van der Waals surface area contributed by atoms with Crippen molar-refractivity contribution in [1.82, 2.24) is 0 Å². The lowest BCUT2D eigenvalue weighted by Gasteiger charge is -2.41. The van der Waals surface area contributed by atoms with Crippen LogP contribution in [-0.4, -0.2) is 12.2 Å². The third-order valence-electron chi connectivity index (χ3n) is 6.21. The molecule has 0 aromatic heterocycles. The first kappa shape index (κ1) is 18.3. The van der Waals surface area contributed by atoms with Crippen LogP contribution in [0, 0.1) is 17.3 Å². The molecular formula is C20H38O2. The third kappa shape index (κ3) is 4.96. The lowest BCUT2D eigenvalue weighted by molar-refractivity contribution is -0.380. The van der Waals surface area contributed by atoms with Crippen molar-refractivity contribution in [1.29, 1.82) is 0 Å². The predicted octanol–water partition coefficient (Wildman–Crippen LogP) is 6.29. The quantitative estimate of drug-likeness (QED) is 0.570. The van der Waals surface area contributed by atoms with Crippen LogP contribution in [-0.2, 0) is 9.78 Å². The van der Waals surface area contributed by atoms with Gasteiger partial charge in [-0.3, -0.25) is 0 Å². The molecule has 0 spiro atoms. The van der Waals surface area contributed by atoms with Gasteiger partial charge in [-0.15, -0.1) is 0 Å². The van der Waals surface area contributed by atoms with Crippen LogP contribution in [0.15, 0.2) is 0 Å². The van der Waals surface area contributed by atoms with E-state index in [2.05, 4.69) is 27.7 Å². The Morgan fingerprint density at radius 3 is 2.23 bits per heavy atom. The second kappa shape index (κ2) is 8.68. The largest absolute Gasteiger partial charge is 0.233 e. The molecule has 2 heteroatoms. The average Bonchev–Trinajstić information content (AvgIpc) is 2.52. The van der Waals surface area contributed by atoms with Crippen LogP contribution in [0.1, 0.15) is 98.3 Å². The molecule has 22 heavy (non-hydrogen) atoms. The first-order valence-corrected chi connectivity index (χ1v) is 9.89. The Balaban J connectivity index is 2.07. The highest BCUT2D eigenvalue weighted by molar-refractivity contribution is 4.86. The molecule has 0 radical (unpaired) electrons. The average molecular weight is 311 g/mol. The maximum atomic E-state index is 6.17. The van der Waals surface area contributed by atoms with Crippen LogP contribution >= 0.6 is 0 Å².